The summed E-state index contributed by atoms with van der Waals surface area (Å²) in [5.74, 6) is 0. The van der Waals surface area contributed by atoms with Gasteiger partial charge in [0, 0.05) is 0 Å². The van der Waals surface area contributed by atoms with Crippen molar-refractivity contribution in [3.63, 3.8) is 0 Å². The van der Waals surface area contributed by atoms with Gasteiger partial charge in [-0.05, 0) is 16.7 Å². The summed E-state index contributed by atoms with van der Waals surface area (Å²) >= 11 is 0. The van der Waals surface area contributed by atoms with Gasteiger partial charge in [-0.1, -0.05) is 91.0 Å². The molecule has 0 saturated carbocycles. The topological polar surface area (TPSA) is 88.1 Å². The molecule has 0 fully saturated rings. The Bertz CT molecular complexity index is 976. The Morgan fingerprint density at radius 2 is 1.23 bits per heavy atom. The molecule has 2 unspecified atom stereocenters. The molecule has 2 atom stereocenters. The highest BCUT2D eigenvalue weighted by Crippen LogP contribution is 2.41. The number of hydrogen-bond acceptors (Lipinski definition) is 6. The van der Waals surface area contributed by atoms with Crippen LogP contribution in [-0.2, 0) is 24.0 Å². The summed E-state index contributed by atoms with van der Waals surface area (Å²) < 4.78 is 29.0. The first-order valence-corrected chi connectivity index (χ1v) is 13.0. The molecule has 3 aromatic carbocycles. The number of aliphatic hydroxyl groups is 1. The van der Waals surface area contributed by atoms with E-state index in [2.05, 4.69) is 0 Å². The van der Waals surface area contributed by atoms with Crippen molar-refractivity contribution in [1.82, 2.24) is 0 Å². The van der Waals surface area contributed by atoms with Gasteiger partial charge in [0.2, 0.25) is 0 Å². The number of benzene rings is 3. The summed E-state index contributed by atoms with van der Waals surface area (Å²) in [6.45, 7) is -0.151. The lowest BCUT2D eigenvalue weighted by Gasteiger charge is -2.36. The number of likely N-dealkylation sites (N-methyl/N-ethyl adjacent to an activating group) is 1. The highest BCUT2D eigenvalue weighted by atomic mass is 31.2. The first-order valence-electron chi connectivity index (χ1n) is 11.5. The summed E-state index contributed by atoms with van der Waals surface area (Å²) in [4.78, 5) is 12.1. The molecule has 0 heterocycles. The molecule has 3 aromatic rings. The SMILES string of the molecule is C[N+](C)(C)CCOP(=O)([O-])OCC(O)COC(c1ccccc1)(c1ccccc1)c1ccccc1. The fourth-order valence-corrected chi connectivity index (χ4v) is 4.41. The van der Waals surface area contributed by atoms with E-state index in [1.807, 2.05) is 112 Å². The number of hydrogen-bond donors (Lipinski definition) is 1. The van der Waals surface area contributed by atoms with Crippen LogP contribution in [0.3, 0.4) is 0 Å². The van der Waals surface area contributed by atoms with Crippen LogP contribution in [0.2, 0.25) is 0 Å². The van der Waals surface area contributed by atoms with Crippen molar-refractivity contribution in [3.8, 4) is 0 Å². The number of ether oxygens (including phenoxy) is 1. The van der Waals surface area contributed by atoms with Crippen LogP contribution >= 0.6 is 7.82 Å². The van der Waals surface area contributed by atoms with E-state index in [1.165, 1.54) is 0 Å². The molecule has 0 radical (unpaired) electrons. The van der Waals surface area contributed by atoms with E-state index in [1.54, 1.807) is 0 Å². The molecule has 0 spiro atoms. The Morgan fingerprint density at radius 3 is 1.63 bits per heavy atom. The van der Waals surface area contributed by atoms with Gasteiger partial charge in [-0.3, -0.25) is 4.57 Å². The average Bonchev–Trinajstić information content (AvgIpc) is 2.84. The fourth-order valence-electron chi connectivity index (χ4n) is 3.68. The smallest absolute Gasteiger partial charge is 0.268 e. The van der Waals surface area contributed by atoms with Crippen molar-refractivity contribution in [2.75, 3.05) is 47.5 Å². The lowest BCUT2D eigenvalue weighted by molar-refractivity contribution is -0.870. The van der Waals surface area contributed by atoms with Gasteiger partial charge in [0.25, 0.3) is 7.82 Å². The van der Waals surface area contributed by atoms with Crippen molar-refractivity contribution >= 4 is 7.82 Å². The number of nitrogens with zero attached hydrogens (tertiary/aromatic N) is 1. The summed E-state index contributed by atoms with van der Waals surface area (Å²) in [5.41, 5.74) is 1.61. The standard InChI is InChI=1S/C27H34NO6P/c1-28(2,3)19-20-33-35(30,31)34-22-26(29)21-32-27(23-13-7-4-8-14-23,24-15-9-5-10-16-24)25-17-11-6-12-18-25/h4-18,26,29H,19-22H2,1-3H3. The Kier molecular flexibility index (Phi) is 9.39. The molecule has 7 nitrogen and oxygen atoms in total. The zero-order valence-corrected chi connectivity index (χ0v) is 21.3. The van der Waals surface area contributed by atoms with Crippen molar-refractivity contribution in [2.45, 2.75) is 11.7 Å². The molecule has 0 aliphatic rings. The molecule has 0 amide bonds. The third-order valence-electron chi connectivity index (χ3n) is 5.47. The summed E-state index contributed by atoms with van der Waals surface area (Å²) in [5, 5.41) is 10.6. The van der Waals surface area contributed by atoms with E-state index in [4.69, 9.17) is 13.8 Å². The van der Waals surface area contributed by atoms with Gasteiger partial charge in [0.15, 0.2) is 0 Å². The fraction of sp³-hybridized carbons (Fsp3) is 0.333. The Hall–Kier alpha value is -2.35. The zero-order chi connectivity index (χ0) is 25.4. The molecule has 0 aromatic heterocycles. The molecule has 8 heteroatoms. The highest BCUT2D eigenvalue weighted by molar-refractivity contribution is 7.45. The quantitative estimate of drug-likeness (QED) is 0.220. The maximum absolute atomic E-state index is 12.1. The molecular weight excluding hydrogens is 465 g/mol. The van der Waals surface area contributed by atoms with Crippen LogP contribution in [0.1, 0.15) is 16.7 Å². The third kappa shape index (κ3) is 7.82. The molecule has 0 aliphatic carbocycles. The highest BCUT2D eigenvalue weighted by Gasteiger charge is 2.38. The molecule has 35 heavy (non-hydrogen) atoms. The molecule has 0 bridgehead atoms. The predicted molar refractivity (Wildman–Crippen MR) is 134 cm³/mol. The van der Waals surface area contributed by atoms with Crippen LogP contribution in [0.25, 0.3) is 0 Å². The molecular formula is C27H34NO6P. The zero-order valence-electron chi connectivity index (χ0n) is 20.4. The minimum Gasteiger partial charge on any atom is -0.756 e. The van der Waals surface area contributed by atoms with Crippen LogP contribution in [-0.4, -0.2) is 63.2 Å². The normalized spacial score (nSPS) is 14.9. The van der Waals surface area contributed by atoms with E-state index < -0.39 is 26.1 Å². The third-order valence-corrected chi connectivity index (χ3v) is 6.43. The largest absolute Gasteiger partial charge is 0.756 e. The van der Waals surface area contributed by atoms with E-state index in [0.717, 1.165) is 16.7 Å². The number of quaternary nitrogens is 1. The van der Waals surface area contributed by atoms with Gasteiger partial charge in [-0.15, -0.1) is 0 Å². The molecule has 0 aliphatic heterocycles. The molecule has 0 saturated heterocycles. The van der Waals surface area contributed by atoms with Crippen molar-refractivity contribution in [1.29, 1.82) is 0 Å². The monoisotopic (exact) mass is 499 g/mol. The minimum atomic E-state index is -4.55. The van der Waals surface area contributed by atoms with Gasteiger partial charge in [-0.25, -0.2) is 0 Å². The summed E-state index contributed by atoms with van der Waals surface area (Å²) in [7, 11) is 1.24. The van der Waals surface area contributed by atoms with Crippen LogP contribution < -0.4 is 4.89 Å². The summed E-state index contributed by atoms with van der Waals surface area (Å²) in [6, 6.07) is 29.2. The first-order chi connectivity index (χ1) is 16.6. The van der Waals surface area contributed by atoms with Gasteiger partial charge in [0.1, 0.15) is 24.9 Å². The van der Waals surface area contributed by atoms with E-state index in [0.29, 0.717) is 11.0 Å². The number of aliphatic hydroxyl groups excluding tert-OH is 1. The predicted octanol–water partition coefficient (Wildman–Crippen LogP) is 3.56. The van der Waals surface area contributed by atoms with Crippen LogP contribution in [0.15, 0.2) is 91.0 Å². The first kappa shape index (κ1) is 27.2. The van der Waals surface area contributed by atoms with Crippen molar-refractivity contribution in [3.05, 3.63) is 108 Å². The lowest BCUT2D eigenvalue weighted by Crippen LogP contribution is -2.38. The Morgan fingerprint density at radius 1 is 0.800 bits per heavy atom. The average molecular weight is 500 g/mol. The second-order valence-electron chi connectivity index (χ2n) is 9.33. The number of phosphoric ester groups is 1. The second-order valence-corrected chi connectivity index (χ2v) is 10.7. The van der Waals surface area contributed by atoms with Crippen LogP contribution in [0.5, 0.6) is 0 Å². The Labute approximate surface area is 207 Å². The van der Waals surface area contributed by atoms with Gasteiger partial charge in [0.05, 0.1) is 34.4 Å². The van der Waals surface area contributed by atoms with E-state index in [-0.39, 0.29) is 13.2 Å². The molecule has 3 rings (SSSR count). The maximum Gasteiger partial charge on any atom is 0.268 e. The number of rotatable bonds is 13. The van der Waals surface area contributed by atoms with Crippen LogP contribution in [0, 0.1) is 0 Å². The number of phosphoric acid groups is 1. The van der Waals surface area contributed by atoms with E-state index >= 15 is 0 Å². The Balaban J connectivity index is 1.79. The van der Waals surface area contributed by atoms with Crippen LogP contribution in [0.4, 0.5) is 0 Å². The lowest BCUT2D eigenvalue weighted by atomic mass is 9.80. The van der Waals surface area contributed by atoms with Crippen molar-refractivity contribution in [2.24, 2.45) is 0 Å². The van der Waals surface area contributed by atoms with E-state index in [9.17, 15) is 14.6 Å². The molecule has 188 valence electrons. The van der Waals surface area contributed by atoms with Crippen molar-refractivity contribution < 1.29 is 32.8 Å². The summed E-state index contributed by atoms with van der Waals surface area (Å²) in [6.07, 6.45) is -1.20. The maximum atomic E-state index is 12.1. The van der Waals surface area contributed by atoms with Gasteiger partial charge >= 0.3 is 0 Å². The minimum absolute atomic E-state index is 0.00396. The second kappa shape index (κ2) is 12.1. The van der Waals surface area contributed by atoms with Gasteiger partial charge in [-0.2, -0.15) is 0 Å². The van der Waals surface area contributed by atoms with Gasteiger partial charge < -0.3 is 28.3 Å². The molecule has 1 N–H and O–H groups in total.